The van der Waals surface area contributed by atoms with E-state index in [4.69, 9.17) is 9.47 Å². The minimum atomic E-state index is -0.225. The predicted molar refractivity (Wildman–Crippen MR) is 103 cm³/mol. The molecule has 0 spiro atoms. The first-order valence-electron chi connectivity index (χ1n) is 9.61. The summed E-state index contributed by atoms with van der Waals surface area (Å²) in [5.74, 6) is 1.55. The average Bonchev–Trinajstić information content (AvgIpc) is 3.18. The van der Waals surface area contributed by atoms with Crippen LogP contribution in [-0.4, -0.2) is 43.8 Å². The number of likely N-dealkylation sites (N-methyl/N-ethyl adjacent to an activating group) is 1. The lowest BCUT2D eigenvalue weighted by molar-refractivity contribution is -0.895. The molecule has 0 saturated carbocycles. The van der Waals surface area contributed by atoms with E-state index >= 15 is 0 Å². The second-order valence-corrected chi connectivity index (χ2v) is 6.91. The number of quaternary nitrogens is 1. The fourth-order valence-electron chi connectivity index (χ4n) is 3.75. The molecule has 0 aromatic heterocycles. The van der Waals surface area contributed by atoms with Gasteiger partial charge in [-0.1, -0.05) is 18.2 Å². The summed E-state index contributed by atoms with van der Waals surface area (Å²) in [5, 5.41) is 3.54. The SMILES string of the molecule is CC[NH+](CC)CCN1C(=O)c2ccccc2NC1c1ccc2c(c1)OCO2. The van der Waals surface area contributed by atoms with Crippen molar-refractivity contribution in [2.75, 3.05) is 38.3 Å². The molecule has 4 rings (SSSR count). The van der Waals surface area contributed by atoms with Crippen molar-refractivity contribution in [1.82, 2.24) is 4.90 Å². The number of carbonyl (C=O) groups is 1. The summed E-state index contributed by atoms with van der Waals surface area (Å²) in [6.07, 6.45) is -0.225. The fraction of sp³-hybridized carbons (Fsp3) is 0.381. The van der Waals surface area contributed by atoms with Crippen LogP contribution in [0.15, 0.2) is 42.5 Å². The molecule has 1 atom stereocenters. The van der Waals surface area contributed by atoms with Gasteiger partial charge in [0.25, 0.3) is 5.91 Å². The molecule has 0 aliphatic carbocycles. The van der Waals surface area contributed by atoms with Crippen LogP contribution in [0.4, 0.5) is 5.69 Å². The summed E-state index contributed by atoms with van der Waals surface area (Å²) in [7, 11) is 0. The van der Waals surface area contributed by atoms with Crippen molar-refractivity contribution in [2.45, 2.75) is 20.0 Å². The van der Waals surface area contributed by atoms with Gasteiger partial charge in [0.05, 0.1) is 31.7 Å². The van der Waals surface area contributed by atoms with E-state index in [1.165, 1.54) is 4.90 Å². The van der Waals surface area contributed by atoms with Crippen LogP contribution >= 0.6 is 0 Å². The van der Waals surface area contributed by atoms with Crippen LogP contribution in [0.3, 0.4) is 0 Å². The van der Waals surface area contributed by atoms with E-state index in [2.05, 4.69) is 19.2 Å². The molecule has 1 amide bonds. The number of nitrogens with zero attached hydrogens (tertiary/aromatic N) is 1. The number of nitrogens with one attached hydrogen (secondary N) is 2. The molecule has 0 saturated heterocycles. The highest BCUT2D eigenvalue weighted by Crippen LogP contribution is 2.38. The van der Waals surface area contributed by atoms with E-state index in [-0.39, 0.29) is 18.9 Å². The third kappa shape index (κ3) is 3.32. The zero-order chi connectivity index (χ0) is 18.8. The van der Waals surface area contributed by atoms with Gasteiger partial charge < -0.3 is 24.6 Å². The van der Waals surface area contributed by atoms with E-state index in [0.717, 1.165) is 47.9 Å². The van der Waals surface area contributed by atoms with Gasteiger partial charge in [-0.2, -0.15) is 0 Å². The summed E-state index contributed by atoms with van der Waals surface area (Å²) >= 11 is 0. The molecule has 2 aromatic carbocycles. The smallest absolute Gasteiger partial charge is 0.258 e. The first-order chi connectivity index (χ1) is 13.2. The van der Waals surface area contributed by atoms with Crippen molar-refractivity contribution in [3.05, 3.63) is 53.6 Å². The van der Waals surface area contributed by atoms with Crippen LogP contribution in [0, 0.1) is 0 Å². The number of fused-ring (bicyclic) bond motifs is 2. The first-order valence-corrected chi connectivity index (χ1v) is 9.61. The predicted octanol–water partition coefficient (Wildman–Crippen LogP) is 1.91. The van der Waals surface area contributed by atoms with Gasteiger partial charge >= 0.3 is 0 Å². The average molecular weight is 368 g/mol. The Hall–Kier alpha value is -2.73. The number of carbonyl (C=O) groups excluding carboxylic acids is 1. The van der Waals surface area contributed by atoms with Crippen LogP contribution in [0.1, 0.15) is 35.9 Å². The quantitative estimate of drug-likeness (QED) is 0.818. The third-order valence-corrected chi connectivity index (χ3v) is 5.44. The number of rotatable bonds is 6. The van der Waals surface area contributed by atoms with Crippen molar-refractivity contribution in [2.24, 2.45) is 0 Å². The van der Waals surface area contributed by atoms with Crippen molar-refractivity contribution in [3.8, 4) is 11.5 Å². The van der Waals surface area contributed by atoms with Gasteiger partial charge in [-0.3, -0.25) is 4.79 Å². The molecule has 27 heavy (non-hydrogen) atoms. The number of benzene rings is 2. The second-order valence-electron chi connectivity index (χ2n) is 6.91. The molecule has 2 heterocycles. The van der Waals surface area contributed by atoms with Crippen LogP contribution in [0.25, 0.3) is 0 Å². The lowest BCUT2D eigenvalue weighted by Crippen LogP contribution is -3.12. The van der Waals surface area contributed by atoms with E-state index in [1.807, 2.05) is 47.4 Å². The van der Waals surface area contributed by atoms with Gasteiger partial charge in [0.15, 0.2) is 11.5 Å². The van der Waals surface area contributed by atoms with Gasteiger partial charge in [0.2, 0.25) is 6.79 Å². The van der Waals surface area contributed by atoms with Crippen LogP contribution in [-0.2, 0) is 0 Å². The first kappa shape index (κ1) is 17.7. The van der Waals surface area contributed by atoms with Crippen LogP contribution < -0.4 is 19.7 Å². The Bertz CT molecular complexity index is 835. The Morgan fingerprint density at radius 3 is 2.70 bits per heavy atom. The van der Waals surface area contributed by atoms with E-state index < -0.39 is 0 Å². The van der Waals surface area contributed by atoms with Crippen molar-refractivity contribution in [1.29, 1.82) is 0 Å². The molecule has 2 aliphatic heterocycles. The molecule has 1 unspecified atom stereocenters. The Morgan fingerprint density at radius 2 is 1.89 bits per heavy atom. The second kappa shape index (κ2) is 7.48. The van der Waals surface area contributed by atoms with Crippen molar-refractivity contribution in [3.63, 3.8) is 0 Å². The van der Waals surface area contributed by atoms with Gasteiger partial charge in [0.1, 0.15) is 6.17 Å². The molecule has 0 radical (unpaired) electrons. The Kier molecular flexibility index (Phi) is 4.90. The number of ether oxygens (including phenoxy) is 2. The van der Waals surface area contributed by atoms with E-state index in [9.17, 15) is 4.79 Å². The highest BCUT2D eigenvalue weighted by molar-refractivity contribution is 6.01. The third-order valence-electron chi connectivity index (χ3n) is 5.44. The number of para-hydroxylation sites is 1. The Labute approximate surface area is 159 Å². The normalized spacial score (nSPS) is 17.8. The molecule has 2 aromatic rings. The fourth-order valence-corrected chi connectivity index (χ4v) is 3.75. The van der Waals surface area contributed by atoms with Crippen LogP contribution in [0.5, 0.6) is 11.5 Å². The summed E-state index contributed by atoms with van der Waals surface area (Å²) in [6, 6.07) is 13.6. The van der Waals surface area contributed by atoms with Gasteiger partial charge in [-0.15, -0.1) is 0 Å². The summed E-state index contributed by atoms with van der Waals surface area (Å²) in [6.45, 7) is 8.32. The van der Waals surface area contributed by atoms with E-state index in [0.29, 0.717) is 6.54 Å². The number of hydrogen-bond donors (Lipinski definition) is 2. The molecular weight excluding hydrogens is 342 g/mol. The maximum atomic E-state index is 13.2. The lowest BCUT2D eigenvalue weighted by Gasteiger charge is -2.38. The maximum absolute atomic E-state index is 13.2. The molecule has 2 N–H and O–H groups in total. The number of anilines is 1. The van der Waals surface area contributed by atoms with Crippen molar-refractivity contribution < 1.29 is 19.2 Å². The standard InChI is InChI=1S/C21H25N3O3/c1-3-23(4-2)11-12-24-20(15-9-10-18-19(13-15)27-14-26-18)22-17-8-6-5-7-16(17)21(24)25/h5-10,13,20,22H,3-4,11-12,14H2,1-2H3/p+1. The molecule has 6 heteroatoms. The zero-order valence-corrected chi connectivity index (χ0v) is 15.8. The molecule has 2 aliphatic rings. The number of hydrogen-bond acceptors (Lipinski definition) is 4. The van der Waals surface area contributed by atoms with Crippen LogP contribution in [0.2, 0.25) is 0 Å². The van der Waals surface area contributed by atoms with Gasteiger partial charge in [0, 0.05) is 5.69 Å². The van der Waals surface area contributed by atoms with Crippen molar-refractivity contribution >= 4 is 11.6 Å². The lowest BCUT2D eigenvalue weighted by atomic mass is 10.0. The Balaban J connectivity index is 1.67. The molecule has 142 valence electrons. The zero-order valence-electron chi connectivity index (χ0n) is 15.8. The maximum Gasteiger partial charge on any atom is 0.258 e. The molecular formula is C21H26N3O3+. The minimum absolute atomic E-state index is 0.0681. The Morgan fingerprint density at radius 1 is 1.11 bits per heavy atom. The molecule has 6 nitrogen and oxygen atoms in total. The number of amides is 1. The molecule has 0 bridgehead atoms. The largest absolute Gasteiger partial charge is 0.454 e. The topological polar surface area (TPSA) is 55.2 Å². The minimum Gasteiger partial charge on any atom is -0.454 e. The van der Waals surface area contributed by atoms with Gasteiger partial charge in [-0.25, -0.2) is 0 Å². The summed E-state index contributed by atoms with van der Waals surface area (Å²) in [5.41, 5.74) is 2.59. The van der Waals surface area contributed by atoms with Gasteiger partial charge in [-0.05, 0) is 43.7 Å². The summed E-state index contributed by atoms with van der Waals surface area (Å²) in [4.78, 5) is 16.7. The molecule has 0 fully saturated rings. The highest BCUT2D eigenvalue weighted by atomic mass is 16.7. The summed E-state index contributed by atoms with van der Waals surface area (Å²) < 4.78 is 11.0. The monoisotopic (exact) mass is 368 g/mol. The van der Waals surface area contributed by atoms with E-state index in [1.54, 1.807) is 0 Å². The highest BCUT2D eigenvalue weighted by Gasteiger charge is 2.34.